The monoisotopic (exact) mass is 267 g/mol. The van der Waals surface area contributed by atoms with E-state index in [1.54, 1.807) is 0 Å². The third kappa shape index (κ3) is 2.61. The molecular formula is C14H18ClNO2. The Morgan fingerprint density at radius 2 is 2.22 bits per heavy atom. The van der Waals surface area contributed by atoms with Crippen LogP contribution in [0.15, 0.2) is 24.3 Å². The molecule has 1 heterocycles. The van der Waals surface area contributed by atoms with E-state index in [9.17, 15) is 9.90 Å². The molecule has 1 unspecified atom stereocenters. The Morgan fingerprint density at radius 3 is 2.78 bits per heavy atom. The lowest BCUT2D eigenvalue weighted by atomic mass is 9.74. The molecule has 0 radical (unpaired) electrons. The molecule has 2 rings (SSSR count). The summed E-state index contributed by atoms with van der Waals surface area (Å²) in [6.45, 7) is 5.54. The van der Waals surface area contributed by atoms with Crippen molar-refractivity contribution in [2.45, 2.75) is 20.3 Å². The van der Waals surface area contributed by atoms with Gasteiger partial charge in [0.15, 0.2) is 0 Å². The molecule has 4 heteroatoms. The number of hydrogen-bond acceptors (Lipinski definition) is 2. The number of hydrogen-bond donors (Lipinski definition) is 1. The molecule has 98 valence electrons. The Hall–Kier alpha value is -1.22. The minimum Gasteiger partial charge on any atom is -0.481 e. The molecule has 0 aromatic heterocycles. The number of anilines is 1. The van der Waals surface area contributed by atoms with Crippen molar-refractivity contribution in [2.75, 3.05) is 18.0 Å². The molecule has 0 amide bonds. The van der Waals surface area contributed by atoms with E-state index in [0.717, 1.165) is 18.8 Å². The Labute approximate surface area is 112 Å². The van der Waals surface area contributed by atoms with Gasteiger partial charge in [-0.05, 0) is 30.0 Å². The number of rotatable bonds is 2. The smallest absolute Gasteiger partial charge is 0.307 e. The van der Waals surface area contributed by atoms with Gasteiger partial charge in [-0.25, -0.2) is 0 Å². The zero-order valence-corrected chi connectivity index (χ0v) is 11.4. The van der Waals surface area contributed by atoms with E-state index in [0.29, 0.717) is 11.4 Å². The van der Waals surface area contributed by atoms with Crippen LogP contribution in [0, 0.1) is 11.3 Å². The average molecular weight is 268 g/mol. The van der Waals surface area contributed by atoms with Crippen molar-refractivity contribution >= 4 is 23.3 Å². The lowest BCUT2D eigenvalue weighted by Crippen LogP contribution is -2.48. The molecule has 0 aliphatic carbocycles. The number of carboxylic acids is 1. The third-order valence-corrected chi connectivity index (χ3v) is 3.94. The maximum absolute atomic E-state index is 11.2. The summed E-state index contributed by atoms with van der Waals surface area (Å²) in [5.74, 6) is -0.960. The Balaban J connectivity index is 2.18. The maximum atomic E-state index is 11.2. The van der Waals surface area contributed by atoms with Crippen LogP contribution in [0.3, 0.4) is 0 Å². The average Bonchev–Trinajstić information content (AvgIpc) is 2.27. The quantitative estimate of drug-likeness (QED) is 0.894. The number of piperidine rings is 1. The first-order valence-electron chi connectivity index (χ1n) is 6.13. The van der Waals surface area contributed by atoms with Gasteiger partial charge >= 0.3 is 5.97 Å². The van der Waals surface area contributed by atoms with Gasteiger partial charge in [-0.1, -0.05) is 31.5 Å². The third-order valence-electron chi connectivity index (χ3n) is 3.70. The molecule has 18 heavy (non-hydrogen) atoms. The van der Waals surface area contributed by atoms with E-state index in [4.69, 9.17) is 11.6 Å². The summed E-state index contributed by atoms with van der Waals surface area (Å²) >= 11 is 5.99. The maximum Gasteiger partial charge on any atom is 0.307 e. The molecule has 0 saturated carbocycles. The van der Waals surface area contributed by atoms with Crippen LogP contribution >= 0.6 is 11.6 Å². The van der Waals surface area contributed by atoms with Crippen LogP contribution in [-0.2, 0) is 4.79 Å². The fraction of sp³-hybridized carbons (Fsp3) is 0.500. The SMILES string of the molecule is CC1(C)CN(c2cccc(Cl)c2)CCC1C(=O)O. The summed E-state index contributed by atoms with van der Waals surface area (Å²) in [6.07, 6.45) is 0.675. The molecular weight excluding hydrogens is 250 g/mol. The van der Waals surface area contributed by atoms with Gasteiger partial charge in [0.1, 0.15) is 0 Å². The lowest BCUT2D eigenvalue weighted by Gasteiger charge is -2.43. The fourth-order valence-electron chi connectivity index (χ4n) is 2.71. The Morgan fingerprint density at radius 1 is 1.50 bits per heavy atom. The first kappa shape index (κ1) is 13.2. The highest BCUT2D eigenvalue weighted by atomic mass is 35.5. The minimum atomic E-state index is -0.689. The number of nitrogens with zero attached hydrogens (tertiary/aromatic N) is 1. The van der Waals surface area contributed by atoms with E-state index >= 15 is 0 Å². The highest BCUT2D eigenvalue weighted by Crippen LogP contribution is 2.37. The van der Waals surface area contributed by atoms with Crippen LogP contribution in [0.2, 0.25) is 5.02 Å². The van der Waals surface area contributed by atoms with Gasteiger partial charge in [-0.2, -0.15) is 0 Å². The molecule has 1 atom stereocenters. The van der Waals surface area contributed by atoms with Gasteiger partial charge < -0.3 is 10.0 Å². The van der Waals surface area contributed by atoms with E-state index < -0.39 is 5.97 Å². The second-order valence-electron chi connectivity index (χ2n) is 5.57. The van der Waals surface area contributed by atoms with Crippen LogP contribution in [0.5, 0.6) is 0 Å². The summed E-state index contributed by atoms with van der Waals surface area (Å²) in [5, 5.41) is 9.95. The van der Waals surface area contributed by atoms with Crippen molar-refractivity contribution in [1.82, 2.24) is 0 Å². The van der Waals surface area contributed by atoms with Crippen molar-refractivity contribution in [3.8, 4) is 0 Å². The summed E-state index contributed by atoms with van der Waals surface area (Å²) < 4.78 is 0. The highest BCUT2D eigenvalue weighted by molar-refractivity contribution is 6.30. The van der Waals surface area contributed by atoms with E-state index in [-0.39, 0.29) is 11.3 Å². The largest absolute Gasteiger partial charge is 0.481 e. The van der Waals surface area contributed by atoms with Crippen LogP contribution in [0.25, 0.3) is 0 Å². The van der Waals surface area contributed by atoms with Crippen LogP contribution < -0.4 is 4.90 Å². The Kier molecular flexibility index (Phi) is 3.53. The number of benzene rings is 1. The molecule has 1 aromatic rings. The van der Waals surface area contributed by atoms with Crippen LogP contribution in [0.1, 0.15) is 20.3 Å². The predicted molar refractivity (Wildman–Crippen MR) is 73.2 cm³/mol. The van der Waals surface area contributed by atoms with Gasteiger partial charge in [0.05, 0.1) is 5.92 Å². The van der Waals surface area contributed by atoms with Crippen LogP contribution in [0.4, 0.5) is 5.69 Å². The van der Waals surface area contributed by atoms with E-state index in [1.165, 1.54) is 0 Å². The summed E-state index contributed by atoms with van der Waals surface area (Å²) in [4.78, 5) is 13.4. The number of carbonyl (C=O) groups is 1. The molecule has 1 aromatic carbocycles. The highest BCUT2D eigenvalue weighted by Gasteiger charge is 2.40. The van der Waals surface area contributed by atoms with Crippen molar-refractivity contribution in [3.05, 3.63) is 29.3 Å². The van der Waals surface area contributed by atoms with Crippen LogP contribution in [-0.4, -0.2) is 24.2 Å². The normalized spacial score (nSPS) is 22.8. The number of halogens is 1. The van der Waals surface area contributed by atoms with Crippen molar-refractivity contribution in [2.24, 2.45) is 11.3 Å². The second kappa shape index (κ2) is 4.81. The zero-order valence-electron chi connectivity index (χ0n) is 10.7. The van der Waals surface area contributed by atoms with Crippen molar-refractivity contribution in [3.63, 3.8) is 0 Å². The minimum absolute atomic E-state index is 0.230. The zero-order chi connectivity index (χ0) is 13.3. The lowest BCUT2D eigenvalue weighted by molar-refractivity contribution is -0.146. The second-order valence-corrected chi connectivity index (χ2v) is 6.01. The predicted octanol–water partition coefficient (Wildman–Crippen LogP) is 3.28. The standard InChI is InChI=1S/C14H18ClNO2/c1-14(2)9-16(7-6-12(14)13(17)18)11-5-3-4-10(15)8-11/h3-5,8,12H,6-7,9H2,1-2H3,(H,17,18). The van der Waals surface area contributed by atoms with E-state index in [2.05, 4.69) is 4.90 Å². The van der Waals surface area contributed by atoms with Gasteiger partial charge in [0.25, 0.3) is 0 Å². The number of carboxylic acid groups (broad SMARTS) is 1. The van der Waals surface area contributed by atoms with Gasteiger partial charge in [-0.15, -0.1) is 0 Å². The van der Waals surface area contributed by atoms with Crippen molar-refractivity contribution in [1.29, 1.82) is 0 Å². The Bertz CT molecular complexity index is 459. The molecule has 1 saturated heterocycles. The molecule has 3 nitrogen and oxygen atoms in total. The topological polar surface area (TPSA) is 40.5 Å². The molecule has 1 aliphatic rings. The van der Waals surface area contributed by atoms with Crippen molar-refractivity contribution < 1.29 is 9.90 Å². The fourth-order valence-corrected chi connectivity index (χ4v) is 2.89. The van der Waals surface area contributed by atoms with Gasteiger partial charge in [0.2, 0.25) is 0 Å². The molecule has 0 spiro atoms. The summed E-state index contributed by atoms with van der Waals surface area (Å²) in [5.41, 5.74) is 0.839. The molecule has 1 fully saturated rings. The first-order chi connectivity index (χ1) is 8.40. The molecule has 1 aliphatic heterocycles. The van der Waals surface area contributed by atoms with Gasteiger partial charge in [0, 0.05) is 23.8 Å². The number of aliphatic carboxylic acids is 1. The first-order valence-corrected chi connectivity index (χ1v) is 6.51. The summed E-state index contributed by atoms with van der Waals surface area (Å²) in [6, 6.07) is 7.72. The van der Waals surface area contributed by atoms with E-state index in [1.807, 2.05) is 38.1 Å². The molecule has 0 bridgehead atoms. The van der Waals surface area contributed by atoms with Gasteiger partial charge in [-0.3, -0.25) is 4.79 Å². The molecule has 1 N–H and O–H groups in total. The summed E-state index contributed by atoms with van der Waals surface area (Å²) in [7, 11) is 0.